The van der Waals surface area contributed by atoms with E-state index in [9.17, 15) is 4.79 Å². The molecule has 0 saturated carbocycles. The summed E-state index contributed by atoms with van der Waals surface area (Å²) in [5, 5.41) is 14.0. The summed E-state index contributed by atoms with van der Waals surface area (Å²) in [5.74, 6) is 1.58. The number of aromatic nitrogens is 3. The van der Waals surface area contributed by atoms with Gasteiger partial charge in [-0.1, -0.05) is 47.1 Å². The smallest absolute Gasteiger partial charge is 0.250 e. The van der Waals surface area contributed by atoms with Crippen LogP contribution in [0.1, 0.15) is 11.1 Å². The summed E-state index contributed by atoms with van der Waals surface area (Å²) >= 11 is 7.33. The molecule has 0 radical (unpaired) electrons. The zero-order chi connectivity index (χ0) is 25.5. The third-order valence-corrected chi connectivity index (χ3v) is 6.37. The van der Waals surface area contributed by atoms with Gasteiger partial charge in [0.25, 0.3) is 5.91 Å². The van der Waals surface area contributed by atoms with E-state index in [1.807, 2.05) is 60.0 Å². The summed E-state index contributed by atoms with van der Waals surface area (Å²) in [6, 6.07) is 20.8. The normalized spacial score (nSPS) is 11.0. The van der Waals surface area contributed by atoms with Gasteiger partial charge in [-0.25, -0.2) is 5.43 Å². The summed E-state index contributed by atoms with van der Waals surface area (Å²) in [4.78, 5) is 12.5. The Morgan fingerprint density at radius 2 is 1.81 bits per heavy atom. The fraction of sp³-hybridized carbons (Fsp3) is 0.154. The van der Waals surface area contributed by atoms with Gasteiger partial charge in [0.05, 0.1) is 26.2 Å². The molecule has 1 aromatic heterocycles. The molecular weight excluding hydrogens is 498 g/mol. The largest absolute Gasteiger partial charge is 0.493 e. The van der Waals surface area contributed by atoms with Gasteiger partial charge in [-0.3, -0.25) is 9.36 Å². The number of rotatable bonds is 9. The predicted molar refractivity (Wildman–Crippen MR) is 143 cm³/mol. The lowest BCUT2D eigenvalue weighted by Crippen LogP contribution is -2.20. The van der Waals surface area contributed by atoms with Crippen LogP contribution in [-0.4, -0.2) is 46.9 Å². The highest BCUT2D eigenvalue weighted by Crippen LogP contribution is 2.30. The Labute approximate surface area is 218 Å². The molecule has 0 atom stereocenters. The predicted octanol–water partition coefficient (Wildman–Crippen LogP) is 5.16. The average Bonchev–Trinajstić information content (AvgIpc) is 3.32. The first-order valence-corrected chi connectivity index (χ1v) is 12.3. The average molecular weight is 522 g/mol. The molecule has 0 fully saturated rings. The molecule has 1 amide bonds. The van der Waals surface area contributed by atoms with E-state index in [1.54, 1.807) is 32.4 Å². The van der Waals surface area contributed by atoms with Crippen molar-refractivity contribution >= 4 is 35.5 Å². The summed E-state index contributed by atoms with van der Waals surface area (Å²) < 4.78 is 12.6. The van der Waals surface area contributed by atoms with Crippen molar-refractivity contribution < 1.29 is 14.3 Å². The minimum atomic E-state index is -0.287. The fourth-order valence-corrected chi connectivity index (χ4v) is 4.30. The zero-order valence-corrected chi connectivity index (χ0v) is 21.5. The first-order valence-electron chi connectivity index (χ1n) is 10.9. The van der Waals surface area contributed by atoms with Crippen molar-refractivity contribution in [1.82, 2.24) is 20.2 Å². The van der Waals surface area contributed by atoms with Crippen LogP contribution in [0.2, 0.25) is 5.02 Å². The Morgan fingerprint density at radius 3 is 2.50 bits per heavy atom. The van der Waals surface area contributed by atoms with Crippen LogP contribution in [0.25, 0.3) is 17.1 Å². The highest BCUT2D eigenvalue weighted by molar-refractivity contribution is 7.99. The fourth-order valence-electron chi connectivity index (χ4n) is 3.43. The number of ether oxygens (including phenoxy) is 2. The van der Waals surface area contributed by atoms with E-state index in [2.05, 4.69) is 20.7 Å². The molecular formula is C26H24ClN5O3S. The topological polar surface area (TPSA) is 90.6 Å². The van der Waals surface area contributed by atoms with Crippen molar-refractivity contribution in [2.75, 3.05) is 20.0 Å². The van der Waals surface area contributed by atoms with Crippen molar-refractivity contribution in [3.63, 3.8) is 0 Å². The Kier molecular flexibility index (Phi) is 8.24. The van der Waals surface area contributed by atoms with E-state index < -0.39 is 0 Å². The molecule has 0 aliphatic carbocycles. The lowest BCUT2D eigenvalue weighted by Gasteiger charge is -2.11. The molecule has 0 bridgehead atoms. The van der Waals surface area contributed by atoms with Gasteiger partial charge in [0.1, 0.15) is 0 Å². The number of benzene rings is 3. The molecule has 1 heterocycles. The Hall–Kier alpha value is -3.82. The van der Waals surface area contributed by atoms with Gasteiger partial charge in [-0.05, 0) is 55.5 Å². The van der Waals surface area contributed by atoms with E-state index >= 15 is 0 Å². The second kappa shape index (κ2) is 11.7. The number of halogens is 1. The number of nitrogens with one attached hydrogen (secondary N) is 1. The Balaban J connectivity index is 1.50. The number of carbonyl (C=O) groups excluding carboxylic acids is 1. The quantitative estimate of drug-likeness (QED) is 0.186. The highest BCUT2D eigenvalue weighted by atomic mass is 35.5. The van der Waals surface area contributed by atoms with Crippen molar-refractivity contribution in [3.05, 3.63) is 82.9 Å². The Morgan fingerprint density at radius 1 is 1.06 bits per heavy atom. The van der Waals surface area contributed by atoms with E-state index in [1.165, 1.54) is 18.0 Å². The number of methoxy groups -OCH3 is 2. The van der Waals surface area contributed by atoms with Crippen molar-refractivity contribution in [3.8, 4) is 28.6 Å². The highest BCUT2D eigenvalue weighted by Gasteiger charge is 2.17. The Bertz CT molecular complexity index is 1370. The first kappa shape index (κ1) is 25.3. The third kappa shape index (κ3) is 5.87. The molecule has 8 nitrogen and oxygen atoms in total. The van der Waals surface area contributed by atoms with Crippen molar-refractivity contribution in [1.29, 1.82) is 0 Å². The van der Waals surface area contributed by atoms with Crippen LogP contribution >= 0.6 is 23.4 Å². The maximum absolute atomic E-state index is 12.5. The number of hydrazone groups is 1. The SMILES string of the molecule is COc1cccc(C=NNC(=O)CSc2nnc(-c3ccc(Cl)cc3)n2-c2ccc(C)cc2)c1OC. The minimum absolute atomic E-state index is 0.0944. The van der Waals surface area contributed by atoms with Gasteiger partial charge >= 0.3 is 0 Å². The third-order valence-electron chi connectivity index (χ3n) is 5.19. The summed E-state index contributed by atoms with van der Waals surface area (Å²) in [6.45, 7) is 2.03. The van der Waals surface area contributed by atoms with Crippen LogP contribution in [0.15, 0.2) is 77.0 Å². The number of hydrogen-bond donors (Lipinski definition) is 1. The van der Waals surface area contributed by atoms with Gasteiger partial charge in [0, 0.05) is 21.8 Å². The molecule has 36 heavy (non-hydrogen) atoms. The minimum Gasteiger partial charge on any atom is -0.493 e. The number of para-hydroxylation sites is 1. The molecule has 184 valence electrons. The van der Waals surface area contributed by atoms with Gasteiger partial charge in [0.15, 0.2) is 22.5 Å². The molecule has 0 spiro atoms. The molecule has 0 unspecified atom stereocenters. The van der Waals surface area contributed by atoms with Crippen LogP contribution in [0.5, 0.6) is 11.5 Å². The first-order chi connectivity index (χ1) is 17.5. The van der Waals surface area contributed by atoms with E-state index in [4.69, 9.17) is 21.1 Å². The summed E-state index contributed by atoms with van der Waals surface area (Å²) in [6.07, 6.45) is 1.51. The molecule has 4 rings (SSSR count). The van der Waals surface area contributed by atoms with Gasteiger partial charge < -0.3 is 9.47 Å². The number of hydrogen-bond acceptors (Lipinski definition) is 7. The molecule has 1 N–H and O–H groups in total. The van der Waals surface area contributed by atoms with Crippen molar-refractivity contribution in [2.45, 2.75) is 12.1 Å². The number of carbonyl (C=O) groups is 1. The second-order valence-electron chi connectivity index (χ2n) is 7.65. The number of thioether (sulfide) groups is 1. The van der Waals surface area contributed by atoms with Crippen LogP contribution in [0.4, 0.5) is 0 Å². The number of aryl methyl sites for hydroxylation is 1. The lowest BCUT2D eigenvalue weighted by atomic mass is 10.2. The molecule has 10 heteroatoms. The lowest BCUT2D eigenvalue weighted by molar-refractivity contribution is -0.118. The van der Waals surface area contributed by atoms with Crippen molar-refractivity contribution in [2.24, 2.45) is 5.10 Å². The summed E-state index contributed by atoms with van der Waals surface area (Å²) in [5.41, 5.74) is 6.11. The number of amides is 1. The van der Waals surface area contributed by atoms with E-state index in [0.717, 1.165) is 16.8 Å². The monoisotopic (exact) mass is 521 g/mol. The van der Waals surface area contributed by atoms with Crippen LogP contribution < -0.4 is 14.9 Å². The van der Waals surface area contributed by atoms with Gasteiger partial charge in [-0.15, -0.1) is 10.2 Å². The molecule has 0 aliphatic heterocycles. The standard InChI is InChI=1S/C26H24ClN5O3S/c1-17-7-13-21(14-8-17)32-25(18-9-11-20(27)12-10-18)30-31-26(32)36-16-23(33)29-28-15-19-5-4-6-22(34-2)24(19)35-3/h4-15H,16H2,1-3H3,(H,29,33). The second-order valence-corrected chi connectivity index (χ2v) is 9.03. The van der Waals surface area contributed by atoms with Crippen LogP contribution in [0.3, 0.4) is 0 Å². The zero-order valence-electron chi connectivity index (χ0n) is 19.9. The molecule has 0 saturated heterocycles. The maximum Gasteiger partial charge on any atom is 0.250 e. The van der Waals surface area contributed by atoms with E-state index in [0.29, 0.717) is 33.1 Å². The maximum atomic E-state index is 12.5. The molecule has 3 aromatic carbocycles. The molecule has 0 aliphatic rings. The van der Waals surface area contributed by atoms with Gasteiger partial charge in [-0.2, -0.15) is 5.10 Å². The van der Waals surface area contributed by atoms with E-state index in [-0.39, 0.29) is 11.7 Å². The van der Waals surface area contributed by atoms with Gasteiger partial charge in [0.2, 0.25) is 0 Å². The van der Waals surface area contributed by atoms with Crippen LogP contribution in [0, 0.1) is 6.92 Å². The molecule has 4 aromatic rings. The van der Waals surface area contributed by atoms with Crippen LogP contribution in [-0.2, 0) is 4.79 Å². The number of nitrogens with zero attached hydrogens (tertiary/aromatic N) is 4. The summed E-state index contributed by atoms with van der Waals surface area (Å²) in [7, 11) is 3.11.